The highest BCUT2D eigenvalue weighted by molar-refractivity contribution is 5.84. The van der Waals surface area contributed by atoms with Crippen molar-refractivity contribution in [2.24, 2.45) is 11.5 Å². The molecule has 5 N–H and O–H groups in total. The zero-order valence-electron chi connectivity index (χ0n) is 12.1. The van der Waals surface area contributed by atoms with Crippen LogP contribution in [0.2, 0.25) is 0 Å². The van der Waals surface area contributed by atoms with Crippen LogP contribution in [0.1, 0.15) is 24.8 Å². The zero-order chi connectivity index (χ0) is 16.0. The summed E-state index contributed by atoms with van der Waals surface area (Å²) in [4.78, 5) is 24.9. The quantitative estimate of drug-likeness (QED) is 0.736. The number of rotatable bonds is 5. The van der Waals surface area contributed by atoms with Crippen molar-refractivity contribution in [1.29, 1.82) is 0 Å². The third-order valence-electron chi connectivity index (χ3n) is 4.62. The van der Waals surface area contributed by atoms with Crippen LogP contribution in [0.15, 0.2) is 24.3 Å². The lowest BCUT2D eigenvalue weighted by Crippen LogP contribution is -2.82. The Morgan fingerprint density at radius 1 is 1.27 bits per heavy atom. The van der Waals surface area contributed by atoms with Crippen molar-refractivity contribution in [3.63, 3.8) is 0 Å². The van der Waals surface area contributed by atoms with Crippen LogP contribution in [0.5, 0.6) is 0 Å². The Kier molecular flexibility index (Phi) is 3.32. The number of nitrogens with zero attached hydrogens (tertiary/aromatic N) is 1. The van der Waals surface area contributed by atoms with E-state index in [-0.39, 0.29) is 35.9 Å². The number of halogens is 1. The van der Waals surface area contributed by atoms with E-state index in [9.17, 15) is 14.0 Å². The number of amides is 3. The SMILES string of the molecule is NC(=O)NCC(=O)N(Cc1ccccc1F)C12CC(N)(C1)C2. The van der Waals surface area contributed by atoms with E-state index in [2.05, 4.69) is 5.32 Å². The van der Waals surface area contributed by atoms with E-state index in [4.69, 9.17) is 11.5 Å². The fourth-order valence-electron chi connectivity index (χ4n) is 3.67. The second kappa shape index (κ2) is 4.95. The molecule has 118 valence electrons. The topological polar surface area (TPSA) is 101 Å². The van der Waals surface area contributed by atoms with Gasteiger partial charge in [-0.3, -0.25) is 4.79 Å². The van der Waals surface area contributed by atoms with Crippen molar-refractivity contribution >= 4 is 11.9 Å². The van der Waals surface area contributed by atoms with Crippen molar-refractivity contribution in [2.75, 3.05) is 6.54 Å². The molecule has 3 saturated carbocycles. The smallest absolute Gasteiger partial charge is 0.312 e. The van der Waals surface area contributed by atoms with Crippen molar-refractivity contribution in [3.8, 4) is 0 Å². The number of nitrogens with one attached hydrogen (secondary N) is 1. The average molecular weight is 306 g/mol. The first kappa shape index (κ1) is 14.8. The Hall–Kier alpha value is -2.15. The summed E-state index contributed by atoms with van der Waals surface area (Å²) < 4.78 is 13.9. The molecule has 22 heavy (non-hydrogen) atoms. The molecule has 0 aromatic heterocycles. The standard InChI is InChI=1S/C15H19FN4O2/c16-11-4-2-1-3-10(11)6-20(12(21)5-19-13(17)22)15-7-14(18,8-15)9-15/h1-4H,5-9,18H2,(H3,17,19,22). The highest BCUT2D eigenvalue weighted by Crippen LogP contribution is 2.62. The Labute approximate surface area is 127 Å². The number of carbonyl (C=O) groups is 2. The van der Waals surface area contributed by atoms with Crippen molar-refractivity contribution in [3.05, 3.63) is 35.6 Å². The molecule has 2 bridgehead atoms. The third kappa shape index (κ3) is 2.41. The van der Waals surface area contributed by atoms with Gasteiger partial charge >= 0.3 is 6.03 Å². The minimum Gasteiger partial charge on any atom is -0.352 e. The van der Waals surface area contributed by atoms with Crippen LogP contribution in [0, 0.1) is 5.82 Å². The summed E-state index contributed by atoms with van der Waals surface area (Å²) in [6, 6.07) is 5.60. The maximum atomic E-state index is 13.9. The van der Waals surface area contributed by atoms with E-state index in [0.717, 1.165) is 19.3 Å². The maximum Gasteiger partial charge on any atom is 0.312 e. The number of benzene rings is 1. The van der Waals surface area contributed by atoms with E-state index >= 15 is 0 Å². The monoisotopic (exact) mass is 306 g/mol. The largest absolute Gasteiger partial charge is 0.352 e. The first-order valence-electron chi connectivity index (χ1n) is 7.20. The minimum atomic E-state index is -0.757. The fourth-order valence-corrected chi connectivity index (χ4v) is 3.67. The Morgan fingerprint density at radius 2 is 1.91 bits per heavy atom. The normalized spacial score (nSPS) is 28.3. The molecule has 3 aliphatic carbocycles. The van der Waals surface area contributed by atoms with Crippen LogP contribution in [0.25, 0.3) is 0 Å². The summed E-state index contributed by atoms with van der Waals surface area (Å²) in [5, 5.41) is 2.30. The van der Waals surface area contributed by atoms with Gasteiger partial charge in [-0.25, -0.2) is 9.18 Å². The van der Waals surface area contributed by atoms with Gasteiger partial charge in [0, 0.05) is 23.2 Å². The van der Waals surface area contributed by atoms with Gasteiger partial charge in [-0.1, -0.05) is 18.2 Å². The summed E-state index contributed by atoms with van der Waals surface area (Å²) in [5.74, 6) is -0.624. The van der Waals surface area contributed by atoms with Gasteiger partial charge in [0.1, 0.15) is 5.82 Å². The zero-order valence-corrected chi connectivity index (χ0v) is 12.1. The second-order valence-electron chi connectivity index (χ2n) is 6.41. The van der Waals surface area contributed by atoms with E-state index in [1.54, 1.807) is 23.1 Å². The molecule has 0 aliphatic heterocycles. The van der Waals surface area contributed by atoms with Gasteiger partial charge in [0.05, 0.1) is 6.54 Å². The van der Waals surface area contributed by atoms with Crippen molar-refractivity contribution in [1.82, 2.24) is 10.2 Å². The van der Waals surface area contributed by atoms with Gasteiger partial charge in [0.15, 0.2) is 0 Å². The molecule has 1 aromatic carbocycles. The molecule has 3 amide bonds. The van der Waals surface area contributed by atoms with Gasteiger partial charge in [0.2, 0.25) is 5.91 Å². The molecule has 0 heterocycles. The Morgan fingerprint density at radius 3 is 2.45 bits per heavy atom. The van der Waals surface area contributed by atoms with Crippen molar-refractivity contribution < 1.29 is 14.0 Å². The molecule has 7 heteroatoms. The summed E-state index contributed by atoms with van der Waals surface area (Å²) in [5.41, 5.74) is 11.0. The Balaban J connectivity index is 1.77. The lowest BCUT2D eigenvalue weighted by Gasteiger charge is -2.72. The molecule has 0 radical (unpaired) electrons. The number of hydrogen-bond acceptors (Lipinski definition) is 3. The van der Waals surface area contributed by atoms with Crippen LogP contribution in [0.3, 0.4) is 0 Å². The number of hydrogen-bond donors (Lipinski definition) is 3. The molecular formula is C15H19FN4O2. The maximum absolute atomic E-state index is 13.9. The number of nitrogens with two attached hydrogens (primary N) is 2. The molecule has 0 atom stereocenters. The minimum absolute atomic E-state index is 0.169. The lowest BCUT2D eigenvalue weighted by atomic mass is 9.44. The summed E-state index contributed by atoms with van der Waals surface area (Å²) in [6.07, 6.45) is 2.16. The van der Waals surface area contributed by atoms with Gasteiger partial charge < -0.3 is 21.7 Å². The predicted molar refractivity (Wildman–Crippen MR) is 78.0 cm³/mol. The fraction of sp³-hybridized carbons (Fsp3) is 0.467. The van der Waals surface area contributed by atoms with E-state index < -0.39 is 6.03 Å². The first-order chi connectivity index (χ1) is 10.3. The van der Waals surface area contributed by atoms with Gasteiger partial charge in [-0.2, -0.15) is 0 Å². The average Bonchev–Trinajstić information content (AvgIpc) is 2.40. The predicted octanol–water partition coefficient (Wildman–Crippen LogP) is 0.456. The molecule has 4 rings (SSSR count). The van der Waals surface area contributed by atoms with Gasteiger partial charge in [0.25, 0.3) is 0 Å². The second-order valence-corrected chi connectivity index (χ2v) is 6.41. The first-order valence-corrected chi connectivity index (χ1v) is 7.20. The summed E-state index contributed by atoms with van der Waals surface area (Å²) >= 11 is 0. The van der Waals surface area contributed by atoms with Crippen molar-refractivity contribution in [2.45, 2.75) is 36.9 Å². The van der Waals surface area contributed by atoms with E-state index in [0.29, 0.717) is 5.56 Å². The molecule has 0 saturated heterocycles. The molecule has 3 aliphatic rings. The molecule has 3 fully saturated rings. The molecule has 1 aromatic rings. The van der Waals surface area contributed by atoms with E-state index in [1.807, 2.05) is 0 Å². The highest BCUT2D eigenvalue weighted by Gasteiger charge is 2.69. The summed E-state index contributed by atoms with van der Waals surface area (Å²) in [7, 11) is 0. The molecule has 0 unspecified atom stereocenters. The molecular weight excluding hydrogens is 287 g/mol. The number of carbonyl (C=O) groups excluding carboxylic acids is 2. The van der Waals surface area contributed by atoms with Gasteiger partial charge in [-0.05, 0) is 25.3 Å². The van der Waals surface area contributed by atoms with Gasteiger partial charge in [-0.15, -0.1) is 0 Å². The summed E-state index contributed by atoms with van der Waals surface area (Å²) in [6.45, 7) is -0.0227. The van der Waals surface area contributed by atoms with Crippen LogP contribution in [-0.2, 0) is 11.3 Å². The van der Waals surface area contributed by atoms with Crippen LogP contribution in [0.4, 0.5) is 9.18 Å². The number of urea groups is 1. The lowest BCUT2D eigenvalue weighted by molar-refractivity contribution is -0.182. The highest BCUT2D eigenvalue weighted by atomic mass is 19.1. The Bertz CT molecular complexity index is 614. The van der Waals surface area contributed by atoms with Crippen LogP contribution in [-0.4, -0.2) is 34.5 Å². The van der Waals surface area contributed by atoms with Crippen LogP contribution < -0.4 is 16.8 Å². The van der Waals surface area contributed by atoms with E-state index in [1.165, 1.54) is 6.07 Å². The molecule has 0 spiro atoms. The number of primary amides is 1. The molecule has 6 nitrogen and oxygen atoms in total. The third-order valence-corrected chi connectivity index (χ3v) is 4.62. The van der Waals surface area contributed by atoms with Crippen LogP contribution >= 0.6 is 0 Å².